The normalized spacial score (nSPS) is 11.9. The maximum Gasteiger partial charge on any atom is 0.280 e. The van der Waals surface area contributed by atoms with Crippen LogP contribution in [0.15, 0.2) is 41.5 Å². The van der Waals surface area contributed by atoms with Crippen LogP contribution in [-0.4, -0.2) is 32.4 Å². The molecule has 0 heterocycles. The number of methoxy groups -OCH3 is 2. The Hall–Kier alpha value is -2.73. The number of hydrogen-bond acceptors (Lipinski definition) is 5. The summed E-state index contributed by atoms with van der Waals surface area (Å²) in [5.74, 6) is 1.43. The van der Waals surface area contributed by atoms with Crippen LogP contribution in [0.5, 0.6) is 17.2 Å². The molecule has 0 saturated heterocycles. The highest BCUT2D eigenvalue weighted by atomic mass is 35.5. The van der Waals surface area contributed by atoms with Gasteiger partial charge < -0.3 is 14.2 Å². The van der Waals surface area contributed by atoms with Crippen molar-refractivity contribution in [2.75, 3.05) is 14.2 Å². The van der Waals surface area contributed by atoms with Crippen LogP contribution in [0.25, 0.3) is 0 Å². The van der Waals surface area contributed by atoms with Crippen molar-refractivity contribution < 1.29 is 19.0 Å². The van der Waals surface area contributed by atoms with Crippen molar-refractivity contribution >= 4 is 23.7 Å². The second kappa shape index (κ2) is 9.10. The Morgan fingerprint density at radius 2 is 1.81 bits per heavy atom. The zero-order chi connectivity index (χ0) is 19.1. The highest BCUT2D eigenvalue weighted by molar-refractivity contribution is 6.30. The number of nitrogens with zero attached hydrogens (tertiary/aromatic N) is 1. The fourth-order valence-electron chi connectivity index (χ4n) is 2.18. The van der Waals surface area contributed by atoms with Crippen LogP contribution in [0.3, 0.4) is 0 Å². The molecule has 0 aliphatic heterocycles. The molecule has 1 atom stereocenters. The zero-order valence-electron chi connectivity index (χ0n) is 15.1. The average Bonchev–Trinajstić information content (AvgIpc) is 2.63. The third kappa shape index (κ3) is 5.13. The molecule has 0 radical (unpaired) electrons. The molecule has 0 aliphatic carbocycles. The van der Waals surface area contributed by atoms with Crippen LogP contribution in [-0.2, 0) is 4.79 Å². The Morgan fingerprint density at radius 3 is 2.46 bits per heavy atom. The Balaban J connectivity index is 1.95. The van der Waals surface area contributed by atoms with Gasteiger partial charge in [-0.2, -0.15) is 5.10 Å². The molecule has 1 N–H and O–H groups in total. The van der Waals surface area contributed by atoms with Gasteiger partial charge in [0.05, 0.1) is 20.4 Å². The van der Waals surface area contributed by atoms with Crippen molar-refractivity contribution in [2.24, 2.45) is 5.10 Å². The Kier molecular flexibility index (Phi) is 6.86. The molecule has 1 amide bonds. The van der Waals surface area contributed by atoms with E-state index in [4.69, 9.17) is 25.8 Å². The molecule has 0 bridgehead atoms. The van der Waals surface area contributed by atoms with E-state index in [1.54, 1.807) is 57.5 Å². The van der Waals surface area contributed by atoms with E-state index in [1.165, 1.54) is 6.21 Å². The number of aryl methyl sites for hydroxylation is 1. The fourth-order valence-corrected chi connectivity index (χ4v) is 2.41. The predicted molar refractivity (Wildman–Crippen MR) is 102 cm³/mol. The van der Waals surface area contributed by atoms with Gasteiger partial charge in [-0.25, -0.2) is 5.43 Å². The molecule has 0 spiro atoms. The number of nitrogens with one attached hydrogen (secondary N) is 1. The molecule has 0 fully saturated rings. The van der Waals surface area contributed by atoms with Crippen molar-refractivity contribution in [1.82, 2.24) is 5.43 Å². The van der Waals surface area contributed by atoms with Gasteiger partial charge in [-0.05, 0) is 61.4 Å². The lowest BCUT2D eigenvalue weighted by Gasteiger charge is -2.15. The molecule has 2 aromatic rings. The van der Waals surface area contributed by atoms with Gasteiger partial charge in [-0.1, -0.05) is 11.6 Å². The van der Waals surface area contributed by atoms with Gasteiger partial charge in [0.2, 0.25) is 0 Å². The summed E-state index contributed by atoms with van der Waals surface area (Å²) in [6.45, 7) is 3.51. The van der Waals surface area contributed by atoms with Crippen molar-refractivity contribution in [1.29, 1.82) is 0 Å². The number of halogens is 1. The smallest absolute Gasteiger partial charge is 0.280 e. The van der Waals surface area contributed by atoms with Gasteiger partial charge in [-0.15, -0.1) is 0 Å². The Bertz CT molecular complexity index is 808. The minimum absolute atomic E-state index is 0.365. The summed E-state index contributed by atoms with van der Waals surface area (Å²) in [5, 5.41) is 4.57. The standard InChI is InChI=1S/C19H21ClN2O4/c1-12-9-15(20)6-8-16(12)26-13(2)19(23)22-21-11-14-5-7-17(24-3)18(10-14)25-4/h5-11,13H,1-4H3,(H,22,23). The number of benzene rings is 2. The number of rotatable bonds is 7. The average molecular weight is 377 g/mol. The van der Waals surface area contributed by atoms with Crippen LogP contribution in [0, 0.1) is 6.92 Å². The summed E-state index contributed by atoms with van der Waals surface area (Å²) >= 11 is 5.91. The molecule has 7 heteroatoms. The summed E-state index contributed by atoms with van der Waals surface area (Å²) in [6.07, 6.45) is 0.803. The predicted octanol–water partition coefficient (Wildman–Crippen LogP) is 3.58. The van der Waals surface area contributed by atoms with E-state index in [-0.39, 0.29) is 5.91 Å². The summed E-state index contributed by atoms with van der Waals surface area (Å²) in [6, 6.07) is 10.5. The van der Waals surface area contributed by atoms with E-state index in [0.717, 1.165) is 11.1 Å². The first kappa shape index (κ1) is 19.6. The van der Waals surface area contributed by atoms with Crippen LogP contribution >= 0.6 is 11.6 Å². The van der Waals surface area contributed by atoms with Gasteiger partial charge in [0, 0.05) is 5.02 Å². The lowest BCUT2D eigenvalue weighted by Crippen LogP contribution is -2.33. The zero-order valence-corrected chi connectivity index (χ0v) is 15.8. The fraction of sp³-hybridized carbons (Fsp3) is 0.263. The van der Waals surface area contributed by atoms with Gasteiger partial charge >= 0.3 is 0 Å². The molecule has 2 aromatic carbocycles. The number of carbonyl (C=O) groups excluding carboxylic acids is 1. The second-order valence-corrected chi connectivity index (χ2v) is 5.96. The molecule has 0 aliphatic rings. The maximum atomic E-state index is 12.1. The molecular weight excluding hydrogens is 356 g/mol. The molecule has 1 unspecified atom stereocenters. The maximum absolute atomic E-state index is 12.1. The topological polar surface area (TPSA) is 69.2 Å². The monoisotopic (exact) mass is 376 g/mol. The third-order valence-corrected chi connectivity index (χ3v) is 3.84. The quantitative estimate of drug-likeness (QED) is 0.592. The molecule has 26 heavy (non-hydrogen) atoms. The van der Waals surface area contributed by atoms with E-state index in [1.807, 2.05) is 6.92 Å². The molecule has 2 rings (SSSR count). The van der Waals surface area contributed by atoms with Gasteiger partial charge in [0.15, 0.2) is 17.6 Å². The summed E-state index contributed by atoms with van der Waals surface area (Å²) in [7, 11) is 3.12. The molecule has 0 aromatic heterocycles. The van der Waals surface area contributed by atoms with E-state index >= 15 is 0 Å². The van der Waals surface area contributed by atoms with Crippen molar-refractivity contribution in [3.8, 4) is 17.2 Å². The highest BCUT2D eigenvalue weighted by Gasteiger charge is 2.15. The van der Waals surface area contributed by atoms with Crippen LogP contribution in [0.1, 0.15) is 18.1 Å². The number of ether oxygens (including phenoxy) is 3. The Morgan fingerprint density at radius 1 is 1.12 bits per heavy atom. The first-order valence-electron chi connectivity index (χ1n) is 7.92. The first-order chi connectivity index (χ1) is 12.4. The summed E-state index contributed by atoms with van der Waals surface area (Å²) in [4.78, 5) is 12.1. The van der Waals surface area contributed by atoms with Crippen LogP contribution in [0.4, 0.5) is 0 Å². The van der Waals surface area contributed by atoms with E-state index in [2.05, 4.69) is 10.5 Å². The number of carbonyl (C=O) groups is 1. The lowest BCUT2D eigenvalue weighted by atomic mass is 10.2. The second-order valence-electron chi connectivity index (χ2n) is 5.52. The molecule has 138 valence electrons. The van der Waals surface area contributed by atoms with Gasteiger partial charge in [-0.3, -0.25) is 4.79 Å². The SMILES string of the molecule is COc1ccc(C=NNC(=O)C(C)Oc2ccc(Cl)cc2C)cc1OC. The minimum atomic E-state index is -0.711. The van der Waals surface area contributed by atoms with Gasteiger partial charge in [0.25, 0.3) is 5.91 Å². The van der Waals surface area contributed by atoms with Gasteiger partial charge in [0.1, 0.15) is 5.75 Å². The summed E-state index contributed by atoms with van der Waals surface area (Å²) in [5.41, 5.74) is 4.06. The molecule has 6 nitrogen and oxygen atoms in total. The third-order valence-electron chi connectivity index (χ3n) is 3.61. The van der Waals surface area contributed by atoms with E-state index < -0.39 is 6.10 Å². The van der Waals surface area contributed by atoms with Crippen molar-refractivity contribution in [2.45, 2.75) is 20.0 Å². The van der Waals surface area contributed by atoms with E-state index in [9.17, 15) is 4.79 Å². The number of hydrazone groups is 1. The first-order valence-corrected chi connectivity index (χ1v) is 8.30. The van der Waals surface area contributed by atoms with Crippen LogP contribution < -0.4 is 19.6 Å². The lowest BCUT2D eigenvalue weighted by molar-refractivity contribution is -0.127. The molecular formula is C19H21ClN2O4. The number of hydrogen-bond donors (Lipinski definition) is 1. The van der Waals surface area contributed by atoms with E-state index in [0.29, 0.717) is 22.3 Å². The molecule has 0 saturated carbocycles. The largest absolute Gasteiger partial charge is 0.493 e. The summed E-state index contributed by atoms with van der Waals surface area (Å²) < 4.78 is 16.1. The van der Waals surface area contributed by atoms with Crippen molar-refractivity contribution in [3.63, 3.8) is 0 Å². The Labute approximate surface area is 157 Å². The van der Waals surface area contributed by atoms with Crippen molar-refractivity contribution in [3.05, 3.63) is 52.5 Å². The minimum Gasteiger partial charge on any atom is -0.493 e. The number of amides is 1. The van der Waals surface area contributed by atoms with Crippen LogP contribution in [0.2, 0.25) is 5.02 Å². The highest BCUT2D eigenvalue weighted by Crippen LogP contribution is 2.27.